The highest BCUT2D eigenvalue weighted by Gasteiger charge is 2.55. The number of unbranched alkanes of at least 4 members (excludes halogenated alkanes) is 8. The third kappa shape index (κ3) is 13.7. The van der Waals surface area contributed by atoms with Gasteiger partial charge in [-0.1, -0.05) is 82.5 Å². The summed E-state index contributed by atoms with van der Waals surface area (Å²) in [5.41, 5.74) is 2.01. The number of benzene rings is 1. The van der Waals surface area contributed by atoms with Crippen molar-refractivity contribution in [2.75, 3.05) is 51.3 Å². The summed E-state index contributed by atoms with van der Waals surface area (Å²) < 4.78 is 20.4. The number of nitrogens with one attached hydrogen (secondary N) is 1. The molecule has 2 aliphatic heterocycles. The molecule has 0 aromatic heterocycles. The zero-order valence-corrected chi connectivity index (χ0v) is 32.1. The van der Waals surface area contributed by atoms with Crippen LogP contribution < -0.4 is 5.32 Å². The lowest BCUT2D eigenvalue weighted by atomic mass is 9.72. The number of piperidine rings is 1. The van der Waals surface area contributed by atoms with Crippen LogP contribution >= 0.6 is 25.3 Å². The molecule has 3 rings (SSSR count). The minimum Gasteiger partial charge on any atom is -0.461 e. The number of esters is 1. The molecule has 2 saturated heterocycles. The van der Waals surface area contributed by atoms with Crippen LogP contribution in [0.2, 0.25) is 0 Å². The molecule has 0 radical (unpaired) electrons. The van der Waals surface area contributed by atoms with Crippen LogP contribution in [0.3, 0.4) is 0 Å². The molecule has 1 N–H and O–H groups in total. The minimum atomic E-state index is -0.263. The molecular formula is C38H63FN4O4S2. The molecule has 5 atom stereocenters. The van der Waals surface area contributed by atoms with Gasteiger partial charge in [-0.2, -0.15) is 25.3 Å². The molecular weight excluding hydrogens is 660 g/mol. The molecule has 49 heavy (non-hydrogen) atoms. The molecule has 11 heteroatoms. The molecule has 2 fully saturated rings. The largest absolute Gasteiger partial charge is 0.461 e. The van der Waals surface area contributed by atoms with E-state index in [0.717, 1.165) is 69.4 Å². The van der Waals surface area contributed by atoms with Gasteiger partial charge in [0.2, 0.25) is 5.91 Å². The van der Waals surface area contributed by atoms with E-state index in [0.29, 0.717) is 37.4 Å². The first-order chi connectivity index (χ1) is 23.9. The van der Waals surface area contributed by atoms with Gasteiger partial charge in [-0.3, -0.25) is 19.4 Å². The van der Waals surface area contributed by atoms with Gasteiger partial charge in [-0.05, 0) is 55.8 Å². The quantitative estimate of drug-likeness (QED) is 0.0324. The normalized spacial score (nSPS) is 22.4. The number of hydrogen-bond acceptors (Lipinski definition) is 9. The Kier molecular flexibility index (Phi) is 20.0. The van der Waals surface area contributed by atoms with E-state index in [1.54, 1.807) is 7.11 Å². The second-order valence-corrected chi connectivity index (χ2v) is 14.6. The molecule has 2 heterocycles. The number of rotatable bonds is 25. The number of thiol groups is 2. The van der Waals surface area contributed by atoms with Crippen molar-refractivity contribution in [3.63, 3.8) is 0 Å². The highest BCUT2D eigenvalue weighted by molar-refractivity contribution is 7.80. The van der Waals surface area contributed by atoms with E-state index in [1.165, 1.54) is 50.7 Å². The van der Waals surface area contributed by atoms with E-state index >= 15 is 0 Å². The van der Waals surface area contributed by atoms with Crippen LogP contribution in [0.25, 0.3) is 0 Å². The van der Waals surface area contributed by atoms with Crippen molar-refractivity contribution < 1.29 is 23.6 Å². The van der Waals surface area contributed by atoms with Crippen molar-refractivity contribution in [2.45, 2.75) is 128 Å². The van der Waals surface area contributed by atoms with Gasteiger partial charge in [-0.25, -0.2) is 4.39 Å². The SMILES string of the molecule is CCCCCCCCCCCC(=O)OC1CC2C[C@@H](c3ccc(F)cc3)[C@H](/C(CC)=N/OC)C1N2CCCN(CCS)CC(=O)NCCS. The highest BCUT2D eigenvalue weighted by atomic mass is 32.1. The van der Waals surface area contributed by atoms with E-state index in [-0.39, 0.29) is 47.7 Å². The Labute approximate surface area is 306 Å². The summed E-state index contributed by atoms with van der Waals surface area (Å²) in [6.07, 6.45) is 14.1. The van der Waals surface area contributed by atoms with Crippen molar-refractivity contribution in [3.8, 4) is 0 Å². The van der Waals surface area contributed by atoms with Crippen LogP contribution in [0, 0.1) is 11.7 Å². The van der Waals surface area contributed by atoms with E-state index < -0.39 is 0 Å². The lowest BCUT2D eigenvalue weighted by Gasteiger charge is -2.46. The Morgan fingerprint density at radius 2 is 1.65 bits per heavy atom. The maximum absolute atomic E-state index is 14.0. The van der Waals surface area contributed by atoms with Crippen molar-refractivity contribution in [2.24, 2.45) is 11.1 Å². The monoisotopic (exact) mass is 722 g/mol. The molecule has 3 unspecified atom stereocenters. The predicted molar refractivity (Wildman–Crippen MR) is 204 cm³/mol. The summed E-state index contributed by atoms with van der Waals surface area (Å²) in [4.78, 5) is 35.8. The van der Waals surface area contributed by atoms with Gasteiger partial charge in [0.1, 0.15) is 19.0 Å². The summed E-state index contributed by atoms with van der Waals surface area (Å²) in [7, 11) is 1.58. The zero-order valence-electron chi connectivity index (χ0n) is 30.3. The number of ether oxygens (including phenoxy) is 1. The van der Waals surface area contributed by atoms with Gasteiger partial charge in [-0.15, -0.1) is 0 Å². The van der Waals surface area contributed by atoms with Crippen molar-refractivity contribution in [1.29, 1.82) is 0 Å². The van der Waals surface area contributed by atoms with Gasteiger partial charge in [0, 0.05) is 55.9 Å². The predicted octanol–water partition coefficient (Wildman–Crippen LogP) is 7.29. The van der Waals surface area contributed by atoms with Crippen LogP contribution in [-0.2, 0) is 19.2 Å². The first-order valence-corrected chi connectivity index (χ1v) is 20.1. The number of hydrogen-bond donors (Lipinski definition) is 3. The molecule has 8 nitrogen and oxygen atoms in total. The smallest absolute Gasteiger partial charge is 0.306 e. The number of oxime groups is 1. The Hall–Kier alpha value is -1.82. The summed E-state index contributed by atoms with van der Waals surface area (Å²) in [5.74, 6) is 0.937. The summed E-state index contributed by atoms with van der Waals surface area (Å²) in [6, 6.07) is 6.98. The third-order valence-corrected chi connectivity index (χ3v) is 10.6. The summed E-state index contributed by atoms with van der Waals surface area (Å²) >= 11 is 8.64. The number of carbonyl (C=O) groups is 2. The minimum absolute atomic E-state index is 0.00149. The Morgan fingerprint density at radius 3 is 2.29 bits per heavy atom. The average Bonchev–Trinajstić information content (AvgIpc) is 3.31. The second kappa shape index (κ2) is 23.6. The van der Waals surface area contributed by atoms with Crippen LogP contribution in [0.4, 0.5) is 4.39 Å². The van der Waals surface area contributed by atoms with Gasteiger partial charge in [0.15, 0.2) is 0 Å². The molecule has 0 spiro atoms. The van der Waals surface area contributed by atoms with Crippen molar-refractivity contribution in [3.05, 3.63) is 35.6 Å². The van der Waals surface area contributed by atoms with Gasteiger partial charge in [0.05, 0.1) is 18.3 Å². The average molecular weight is 723 g/mol. The second-order valence-electron chi connectivity index (χ2n) is 13.7. The fourth-order valence-corrected chi connectivity index (χ4v) is 8.30. The van der Waals surface area contributed by atoms with Gasteiger partial charge < -0.3 is 14.9 Å². The van der Waals surface area contributed by atoms with Crippen LogP contribution in [-0.4, -0.2) is 96.9 Å². The highest BCUT2D eigenvalue weighted by Crippen LogP contribution is 2.49. The molecule has 1 aromatic rings. The molecule has 0 aliphatic carbocycles. The van der Waals surface area contributed by atoms with E-state index in [1.807, 2.05) is 12.1 Å². The number of nitrogens with zero attached hydrogens (tertiary/aromatic N) is 3. The van der Waals surface area contributed by atoms with Crippen LogP contribution in [0.5, 0.6) is 0 Å². The fraction of sp³-hybridized carbons (Fsp3) is 0.763. The maximum Gasteiger partial charge on any atom is 0.306 e. The van der Waals surface area contributed by atoms with E-state index in [9.17, 15) is 14.0 Å². The molecule has 278 valence electrons. The van der Waals surface area contributed by atoms with Gasteiger partial charge in [0.25, 0.3) is 0 Å². The first-order valence-electron chi connectivity index (χ1n) is 18.9. The van der Waals surface area contributed by atoms with E-state index in [2.05, 4.69) is 59.4 Å². The number of carbonyl (C=O) groups excluding carboxylic acids is 2. The van der Waals surface area contributed by atoms with Crippen LogP contribution in [0.1, 0.15) is 115 Å². The Balaban J connectivity index is 1.74. The van der Waals surface area contributed by atoms with E-state index in [4.69, 9.17) is 9.57 Å². The Bertz CT molecular complexity index is 1130. The Morgan fingerprint density at radius 1 is 0.959 bits per heavy atom. The third-order valence-electron chi connectivity index (χ3n) is 10.2. The van der Waals surface area contributed by atoms with Gasteiger partial charge >= 0.3 is 5.97 Å². The number of amides is 1. The number of halogens is 1. The molecule has 2 aliphatic rings. The molecule has 1 amide bonds. The standard InChI is InChI=1S/C38H63FN4O4S2/c1-4-6-7-8-9-10-11-12-13-15-36(45)47-34-27-31-26-32(29-16-18-30(39)19-17-29)37(33(5-2)41-46-3)38(34)43(31)22-14-21-42(23-25-49)28-35(44)40-20-24-48/h16-19,31-32,34,37-38,48-49H,4-15,20-28H2,1-3H3,(H,40,44)/b41-33+/t31?,32-,34?,37+,38?/m0/s1. The van der Waals surface area contributed by atoms with Crippen molar-refractivity contribution >= 4 is 42.8 Å². The lowest BCUT2D eigenvalue weighted by Crippen LogP contribution is -2.54. The molecule has 0 saturated carbocycles. The first kappa shape index (κ1) is 41.6. The maximum atomic E-state index is 14.0. The van der Waals surface area contributed by atoms with Crippen LogP contribution in [0.15, 0.2) is 29.4 Å². The van der Waals surface area contributed by atoms with Crippen molar-refractivity contribution in [1.82, 2.24) is 15.1 Å². The fourth-order valence-electron chi connectivity index (χ4n) is 7.91. The summed E-state index contributed by atoms with van der Waals surface area (Å²) in [6.45, 7) is 7.49. The number of fused-ring (bicyclic) bond motifs is 2. The zero-order chi connectivity index (χ0) is 35.4. The molecule has 1 aromatic carbocycles. The topological polar surface area (TPSA) is 83.5 Å². The molecule has 2 bridgehead atoms. The lowest BCUT2D eigenvalue weighted by molar-refractivity contribution is -0.151. The summed E-state index contributed by atoms with van der Waals surface area (Å²) in [5, 5.41) is 7.44.